The van der Waals surface area contributed by atoms with E-state index in [4.69, 9.17) is 4.42 Å². The number of rotatable bonds is 4. The predicted octanol–water partition coefficient (Wildman–Crippen LogP) is 17.2. The zero-order valence-electron chi connectivity index (χ0n) is 43.2. The summed E-state index contributed by atoms with van der Waals surface area (Å²) in [4.78, 5) is 2.69. The average molecular weight is 959 g/mol. The second kappa shape index (κ2) is 14.2. The van der Waals surface area contributed by atoms with Crippen molar-refractivity contribution in [2.24, 2.45) is 35.5 Å². The Morgan fingerprint density at radius 3 is 1.82 bits per heavy atom. The molecule has 2 aliphatic heterocycles. The maximum Gasteiger partial charge on any atom is 0.333 e. The fourth-order valence-corrected chi connectivity index (χ4v) is 19.4. The van der Waals surface area contributed by atoms with E-state index >= 15 is 0 Å². The molecule has 10 aromatic rings. The summed E-state index contributed by atoms with van der Waals surface area (Å²) >= 11 is 0. The fraction of sp³-hybridized carbons (Fsp3) is 0.343. The van der Waals surface area contributed by atoms with Crippen molar-refractivity contribution < 1.29 is 4.42 Å². The molecule has 8 saturated carbocycles. The van der Waals surface area contributed by atoms with Gasteiger partial charge in [0.05, 0.1) is 5.69 Å². The highest BCUT2D eigenvalue weighted by molar-refractivity contribution is 6.90. The van der Waals surface area contributed by atoms with Crippen LogP contribution in [0.1, 0.15) is 115 Å². The maximum atomic E-state index is 6.95. The molecule has 0 saturated heterocycles. The van der Waals surface area contributed by atoms with Crippen molar-refractivity contribution in [3.05, 3.63) is 162 Å². The number of aromatic nitrogens is 1. The normalized spacial score (nSPS) is 27.9. The third-order valence-electron chi connectivity index (χ3n) is 21.6. The molecule has 10 aliphatic rings. The maximum absolute atomic E-state index is 6.95. The van der Waals surface area contributed by atoms with Gasteiger partial charge in [0.15, 0.2) is 0 Å². The van der Waals surface area contributed by atoms with Crippen molar-refractivity contribution in [1.82, 2.24) is 4.48 Å². The van der Waals surface area contributed by atoms with Crippen molar-refractivity contribution in [2.45, 2.75) is 114 Å². The second-order valence-electron chi connectivity index (χ2n) is 26.9. The molecule has 20 rings (SSSR count). The van der Waals surface area contributed by atoms with Gasteiger partial charge in [0, 0.05) is 55.1 Å². The number of hydrogen-bond donors (Lipinski definition) is 0. The molecule has 2 aromatic heterocycles. The zero-order valence-corrected chi connectivity index (χ0v) is 43.2. The SMILES string of the molecule is CC(C)(C)c1ccc(N2c3cc4c(cc3B3c5c2cc2ccccc2c5-c2cc(C56CC7CC(CC(C7)C5)C6)cc5c6cc(C78CC9CC(CC(C9)C7)C8)ccc6n3c25)oc2ccccc24)c(-c2ccccc2)c1. The van der Waals surface area contributed by atoms with E-state index in [-0.39, 0.29) is 17.7 Å². The summed E-state index contributed by atoms with van der Waals surface area (Å²) in [5, 5.41) is 7.98. The van der Waals surface area contributed by atoms with Gasteiger partial charge in [-0.05, 0) is 239 Å². The van der Waals surface area contributed by atoms with Crippen LogP contribution in [0.15, 0.2) is 150 Å². The molecular weight excluding hydrogens is 896 g/mol. The molecule has 0 radical (unpaired) electrons. The van der Waals surface area contributed by atoms with Crippen LogP contribution < -0.4 is 15.8 Å². The van der Waals surface area contributed by atoms with Gasteiger partial charge in [0.2, 0.25) is 0 Å². The number of nitrogens with zero attached hydrogens (tertiary/aromatic N) is 2. The minimum atomic E-state index is -0.0780. The van der Waals surface area contributed by atoms with Crippen LogP contribution in [0, 0.1) is 35.5 Å². The Morgan fingerprint density at radius 2 is 1.12 bits per heavy atom. The highest BCUT2D eigenvalue weighted by Crippen LogP contribution is 2.64. The molecule has 74 heavy (non-hydrogen) atoms. The molecule has 4 heterocycles. The summed E-state index contributed by atoms with van der Waals surface area (Å²) in [5.41, 5.74) is 21.7. The second-order valence-corrected chi connectivity index (χ2v) is 26.9. The van der Waals surface area contributed by atoms with E-state index in [2.05, 4.69) is 176 Å². The van der Waals surface area contributed by atoms with Gasteiger partial charge < -0.3 is 13.8 Å². The van der Waals surface area contributed by atoms with Gasteiger partial charge >= 0.3 is 6.85 Å². The molecule has 0 spiro atoms. The first-order chi connectivity index (χ1) is 36.1. The molecule has 0 amide bonds. The van der Waals surface area contributed by atoms with Crippen molar-refractivity contribution in [3.63, 3.8) is 0 Å². The van der Waals surface area contributed by atoms with Crippen LogP contribution >= 0.6 is 0 Å². The molecule has 362 valence electrons. The highest BCUT2D eigenvalue weighted by Gasteiger charge is 2.54. The number of benzene rings is 8. The largest absolute Gasteiger partial charge is 0.456 e. The molecule has 8 bridgehead atoms. The third kappa shape index (κ3) is 5.55. The van der Waals surface area contributed by atoms with Crippen LogP contribution in [0.4, 0.5) is 17.1 Å². The van der Waals surface area contributed by atoms with Crippen LogP contribution in [-0.2, 0) is 16.2 Å². The lowest BCUT2D eigenvalue weighted by atomic mass is 9.44. The van der Waals surface area contributed by atoms with Gasteiger partial charge in [0.1, 0.15) is 11.2 Å². The minimum absolute atomic E-state index is 0.0224. The summed E-state index contributed by atoms with van der Waals surface area (Å²) in [5.74, 6) is 5.32. The van der Waals surface area contributed by atoms with Crippen LogP contribution in [-0.4, -0.2) is 11.3 Å². The molecule has 8 aliphatic carbocycles. The number of hydrogen-bond acceptors (Lipinski definition) is 2. The smallest absolute Gasteiger partial charge is 0.333 e. The Labute approximate surface area is 435 Å². The lowest BCUT2D eigenvalue weighted by Gasteiger charge is -2.57. The minimum Gasteiger partial charge on any atom is -0.456 e. The Bertz CT molecular complexity index is 4040. The van der Waals surface area contributed by atoms with E-state index < -0.39 is 0 Å². The highest BCUT2D eigenvalue weighted by atomic mass is 16.3. The molecule has 4 heteroatoms. The van der Waals surface area contributed by atoms with Gasteiger partial charge in [0.25, 0.3) is 0 Å². The Kier molecular flexibility index (Phi) is 8.04. The van der Waals surface area contributed by atoms with E-state index in [9.17, 15) is 0 Å². The topological polar surface area (TPSA) is 21.3 Å². The van der Waals surface area contributed by atoms with Crippen molar-refractivity contribution in [2.75, 3.05) is 4.90 Å². The van der Waals surface area contributed by atoms with E-state index in [1.54, 1.807) is 11.1 Å². The van der Waals surface area contributed by atoms with E-state index in [1.165, 1.54) is 176 Å². The third-order valence-corrected chi connectivity index (χ3v) is 21.6. The van der Waals surface area contributed by atoms with Crippen molar-refractivity contribution in [3.8, 4) is 22.3 Å². The van der Waals surface area contributed by atoms with Gasteiger partial charge in [-0.3, -0.25) is 0 Å². The van der Waals surface area contributed by atoms with Crippen LogP contribution in [0.5, 0.6) is 0 Å². The lowest BCUT2D eigenvalue weighted by Crippen LogP contribution is -2.56. The lowest BCUT2D eigenvalue weighted by molar-refractivity contribution is -0.00527. The summed E-state index contributed by atoms with van der Waals surface area (Å²) in [6.45, 7) is 6.97. The van der Waals surface area contributed by atoms with Crippen LogP contribution in [0.2, 0.25) is 0 Å². The summed E-state index contributed by atoms with van der Waals surface area (Å²) in [7, 11) is 0. The molecular formula is C70H63BN2O. The van der Waals surface area contributed by atoms with Crippen molar-refractivity contribution in [1.29, 1.82) is 0 Å². The number of fused-ring (bicyclic) bond motifs is 12. The van der Waals surface area contributed by atoms with E-state index in [0.29, 0.717) is 5.41 Å². The first-order valence-electron chi connectivity index (χ1n) is 28.8. The molecule has 0 unspecified atom stereocenters. The number of furan rings is 1. The van der Waals surface area contributed by atoms with Gasteiger partial charge in [-0.1, -0.05) is 106 Å². The average Bonchev–Trinajstić information content (AvgIpc) is 4.07. The first-order valence-corrected chi connectivity index (χ1v) is 28.8. The number of para-hydroxylation sites is 1. The van der Waals surface area contributed by atoms with Crippen LogP contribution in [0.25, 0.3) is 76.8 Å². The van der Waals surface area contributed by atoms with Crippen molar-refractivity contribution >= 4 is 89.4 Å². The van der Waals surface area contributed by atoms with Gasteiger partial charge in [-0.2, -0.15) is 0 Å². The molecule has 8 aromatic carbocycles. The summed E-state index contributed by atoms with van der Waals surface area (Å²) in [6.07, 6.45) is 17.0. The monoisotopic (exact) mass is 959 g/mol. The predicted molar refractivity (Wildman–Crippen MR) is 309 cm³/mol. The van der Waals surface area contributed by atoms with Gasteiger partial charge in [-0.15, -0.1) is 0 Å². The molecule has 0 atom stereocenters. The van der Waals surface area contributed by atoms with Gasteiger partial charge in [-0.25, -0.2) is 0 Å². The Morgan fingerprint density at radius 1 is 0.486 bits per heavy atom. The molecule has 3 nitrogen and oxygen atoms in total. The zero-order chi connectivity index (χ0) is 48.6. The quantitative estimate of drug-likeness (QED) is 0.164. The number of anilines is 3. The Balaban J connectivity index is 0.983. The van der Waals surface area contributed by atoms with Crippen LogP contribution in [0.3, 0.4) is 0 Å². The molecule has 8 fully saturated rings. The summed E-state index contributed by atoms with van der Waals surface area (Å²) < 4.78 is 9.81. The molecule has 0 N–H and O–H groups in total. The standard InChI is InChI=1S/C70H63BN2O/c1-68(2,3)48-17-19-59(53(28-48)46-11-5-4-6-12-46)72-61-32-55-52-15-9-10-16-63(52)74-64(55)33-58(61)71-66-62(72)27-47-13-7-8-14-51(47)65(66)57-31-50(70-37-43-24-44(38-70)26-45(25-43)39-70)30-56-54-29-49(18-20-60(54)73(71)67(56)57)69-34-40-21-41(35-69)23-42(22-40)36-69/h4-20,27-33,40-45H,21-26,34-39H2,1-3H3. The van der Waals surface area contributed by atoms with E-state index in [0.717, 1.165) is 46.7 Å². The summed E-state index contributed by atoms with van der Waals surface area (Å²) in [6, 6.07) is 57.8. The van der Waals surface area contributed by atoms with E-state index in [1.807, 2.05) is 0 Å². The first kappa shape index (κ1) is 41.8. The fourth-order valence-electron chi connectivity index (χ4n) is 19.4. The Hall–Kier alpha value is -6.52.